The van der Waals surface area contributed by atoms with Crippen LogP contribution in [-0.4, -0.2) is 16.2 Å². The van der Waals surface area contributed by atoms with Crippen molar-refractivity contribution in [3.8, 4) is 11.3 Å². The number of thioether (sulfide) groups is 1. The molecule has 2 heterocycles. The Morgan fingerprint density at radius 2 is 1.89 bits per heavy atom. The van der Waals surface area contributed by atoms with E-state index in [0.29, 0.717) is 5.56 Å². The number of rotatable bonds is 2. The third-order valence-electron chi connectivity index (χ3n) is 2.44. The number of pyridine rings is 2. The standard InChI is InChI=1S/C12H10F3N3S/c1-19-10-5-2-7(6-17-10)11-8(16)3-4-9(18-11)12(13,14)15/h2-6H,16H2,1H3. The van der Waals surface area contributed by atoms with Crippen molar-refractivity contribution in [2.45, 2.75) is 11.2 Å². The highest BCUT2D eigenvalue weighted by molar-refractivity contribution is 7.98. The summed E-state index contributed by atoms with van der Waals surface area (Å²) in [6.45, 7) is 0. The Hall–Kier alpha value is -1.76. The average Bonchev–Trinajstić information content (AvgIpc) is 2.38. The van der Waals surface area contributed by atoms with Gasteiger partial charge in [-0.3, -0.25) is 0 Å². The summed E-state index contributed by atoms with van der Waals surface area (Å²) in [5.41, 5.74) is 5.44. The quantitative estimate of drug-likeness (QED) is 0.858. The molecule has 3 nitrogen and oxygen atoms in total. The predicted octanol–water partition coefficient (Wildman–Crippen LogP) is 3.47. The third kappa shape index (κ3) is 2.98. The van der Waals surface area contributed by atoms with E-state index >= 15 is 0 Å². The largest absolute Gasteiger partial charge is 0.433 e. The topological polar surface area (TPSA) is 51.8 Å². The lowest BCUT2D eigenvalue weighted by molar-refractivity contribution is -0.141. The van der Waals surface area contributed by atoms with Gasteiger partial charge in [0.2, 0.25) is 0 Å². The minimum Gasteiger partial charge on any atom is -0.397 e. The maximum atomic E-state index is 12.6. The van der Waals surface area contributed by atoms with Crippen LogP contribution in [0, 0.1) is 0 Å². The smallest absolute Gasteiger partial charge is 0.397 e. The van der Waals surface area contributed by atoms with Crippen molar-refractivity contribution in [2.75, 3.05) is 12.0 Å². The molecule has 0 aromatic carbocycles. The Bertz CT molecular complexity index is 582. The minimum atomic E-state index is -4.49. The molecule has 0 saturated carbocycles. The summed E-state index contributed by atoms with van der Waals surface area (Å²) < 4.78 is 37.8. The molecule has 0 fully saturated rings. The van der Waals surface area contributed by atoms with Crippen LogP contribution < -0.4 is 5.73 Å². The summed E-state index contributed by atoms with van der Waals surface area (Å²) in [6.07, 6.45) is -1.17. The Morgan fingerprint density at radius 3 is 2.42 bits per heavy atom. The summed E-state index contributed by atoms with van der Waals surface area (Å²) in [7, 11) is 0. The fraction of sp³-hybridized carbons (Fsp3) is 0.167. The molecule has 2 N–H and O–H groups in total. The lowest BCUT2D eigenvalue weighted by atomic mass is 10.1. The van der Waals surface area contributed by atoms with Gasteiger partial charge in [-0.1, -0.05) is 0 Å². The molecule has 0 aliphatic carbocycles. The molecule has 19 heavy (non-hydrogen) atoms. The molecule has 0 aliphatic heterocycles. The second kappa shape index (κ2) is 5.08. The SMILES string of the molecule is CSc1ccc(-c2nc(C(F)(F)F)ccc2N)cn1. The van der Waals surface area contributed by atoms with Crippen LogP contribution in [0.2, 0.25) is 0 Å². The van der Waals surface area contributed by atoms with Crippen molar-refractivity contribution in [3.63, 3.8) is 0 Å². The van der Waals surface area contributed by atoms with Crippen molar-refractivity contribution < 1.29 is 13.2 Å². The summed E-state index contributed by atoms with van der Waals surface area (Å²) in [5.74, 6) is 0. The van der Waals surface area contributed by atoms with Gasteiger partial charge in [-0.2, -0.15) is 13.2 Å². The van der Waals surface area contributed by atoms with Crippen LogP contribution in [-0.2, 0) is 6.18 Å². The predicted molar refractivity (Wildman–Crippen MR) is 68.7 cm³/mol. The van der Waals surface area contributed by atoms with Crippen LogP contribution in [0.3, 0.4) is 0 Å². The van der Waals surface area contributed by atoms with E-state index in [4.69, 9.17) is 5.73 Å². The van der Waals surface area contributed by atoms with Crippen molar-refractivity contribution in [1.29, 1.82) is 0 Å². The maximum Gasteiger partial charge on any atom is 0.433 e. The van der Waals surface area contributed by atoms with Gasteiger partial charge in [-0.05, 0) is 30.5 Å². The highest BCUT2D eigenvalue weighted by Gasteiger charge is 2.33. The van der Waals surface area contributed by atoms with Gasteiger partial charge >= 0.3 is 6.18 Å². The normalized spacial score (nSPS) is 11.6. The van der Waals surface area contributed by atoms with Gasteiger partial charge in [0.25, 0.3) is 0 Å². The fourth-order valence-electron chi connectivity index (χ4n) is 1.50. The van der Waals surface area contributed by atoms with Gasteiger partial charge in [0, 0.05) is 11.8 Å². The number of alkyl halides is 3. The van der Waals surface area contributed by atoms with Crippen molar-refractivity contribution in [3.05, 3.63) is 36.2 Å². The van der Waals surface area contributed by atoms with Gasteiger partial charge in [-0.15, -0.1) is 11.8 Å². The number of hydrogen-bond acceptors (Lipinski definition) is 4. The summed E-state index contributed by atoms with van der Waals surface area (Å²) in [6, 6.07) is 5.43. The molecule has 7 heteroatoms. The molecule has 0 atom stereocenters. The molecule has 0 amide bonds. The monoisotopic (exact) mass is 285 g/mol. The molecule has 2 aromatic heterocycles. The van der Waals surface area contributed by atoms with Crippen LogP contribution in [0.4, 0.5) is 18.9 Å². The second-order valence-corrected chi connectivity index (χ2v) is 4.55. The Labute approximate surface area is 112 Å². The van der Waals surface area contributed by atoms with Crippen LogP contribution in [0.15, 0.2) is 35.5 Å². The Kier molecular flexibility index (Phi) is 3.66. The number of halogens is 3. The second-order valence-electron chi connectivity index (χ2n) is 3.72. The van der Waals surface area contributed by atoms with Crippen molar-refractivity contribution >= 4 is 17.4 Å². The summed E-state index contributed by atoms with van der Waals surface area (Å²) in [5, 5.41) is 0.772. The average molecular weight is 285 g/mol. The number of nitrogens with zero attached hydrogens (tertiary/aromatic N) is 2. The lowest BCUT2D eigenvalue weighted by Crippen LogP contribution is -2.09. The van der Waals surface area contributed by atoms with E-state index in [9.17, 15) is 13.2 Å². The van der Waals surface area contributed by atoms with E-state index < -0.39 is 11.9 Å². The zero-order chi connectivity index (χ0) is 14.0. The zero-order valence-corrected chi connectivity index (χ0v) is 10.7. The maximum absolute atomic E-state index is 12.6. The number of anilines is 1. The number of nitrogens with two attached hydrogens (primary N) is 1. The molecule has 0 radical (unpaired) electrons. The van der Waals surface area contributed by atoms with E-state index in [1.807, 2.05) is 6.26 Å². The highest BCUT2D eigenvalue weighted by atomic mass is 32.2. The molecular formula is C12H10F3N3S. The van der Waals surface area contributed by atoms with Crippen LogP contribution in [0.1, 0.15) is 5.69 Å². The number of nitrogen functional groups attached to an aromatic ring is 1. The van der Waals surface area contributed by atoms with Crippen LogP contribution in [0.25, 0.3) is 11.3 Å². The van der Waals surface area contributed by atoms with Gasteiger partial charge < -0.3 is 5.73 Å². The first-order valence-electron chi connectivity index (χ1n) is 5.26. The Balaban J connectivity index is 2.48. The third-order valence-corrected chi connectivity index (χ3v) is 3.10. The first-order valence-corrected chi connectivity index (χ1v) is 6.48. The van der Waals surface area contributed by atoms with E-state index in [1.54, 1.807) is 12.1 Å². The van der Waals surface area contributed by atoms with Crippen molar-refractivity contribution in [1.82, 2.24) is 9.97 Å². The lowest BCUT2D eigenvalue weighted by Gasteiger charge is -2.10. The fourth-order valence-corrected chi connectivity index (χ4v) is 1.86. The number of aromatic nitrogens is 2. The first kappa shape index (κ1) is 13.7. The van der Waals surface area contributed by atoms with Crippen LogP contribution in [0.5, 0.6) is 0 Å². The Morgan fingerprint density at radius 1 is 1.16 bits per heavy atom. The molecular weight excluding hydrogens is 275 g/mol. The van der Waals surface area contributed by atoms with E-state index in [-0.39, 0.29) is 11.4 Å². The summed E-state index contributed by atoms with van der Waals surface area (Å²) in [4.78, 5) is 7.67. The molecule has 0 unspecified atom stereocenters. The van der Waals surface area contributed by atoms with Gasteiger partial charge in [0.05, 0.1) is 16.4 Å². The minimum absolute atomic E-state index is 0.0926. The van der Waals surface area contributed by atoms with Gasteiger partial charge in [0.1, 0.15) is 5.69 Å². The molecule has 2 aromatic rings. The molecule has 0 bridgehead atoms. The zero-order valence-electron chi connectivity index (χ0n) is 9.90. The van der Waals surface area contributed by atoms with Crippen LogP contribution >= 0.6 is 11.8 Å². The van der Waals surface area contributed by atoms with Gasteiger partial charge in [-0.25, -0.2) is 9.97 Å². The summed E-state index contributed by atoms with van der Waals surface area (Å²) >= 11 is 1.44. The van der Waals surface area contributed by atoms with Crippen molar-refractivity contribution in [2.24, 2.45) is 0 Å². The van der Waals surface area contributed by atoms with E-state index in [0.717, 1.165) is 11.1 Å². The molecule has 0 saturated heterocycles. The molecule has 100 valence electrons. The first-order chi connectivity index (χ1) is 8.91. The van der Waals surface area contributed by atoms with E-state index in [2.05, 4.69) is 9.97 Å². The number of hydrogen-bond donors (Lipinski definition) is 1. The molecule has 2 rings (SSSR count). The van der Waals surface area contributed by atoms with Gasteiger partial charge in [0.15, 0.2) is 0 Å². The van der Waals surface area contributed by atoms with E-state index in [1.165, 1.54) is 24.0 Å². The highest BCUT2D eigenvalue weighted by Crippen LogP contribution is 2.32. The molecule has 0 spiro atoms. The molecule has 0 aliphatic rings.